The summed E-state index contributed by atoms with van der Waals surface area (Å²) in [6.45, 7) is 19.6. The maximum Gasteiger partial charge on any atom is 0.00966 e. The van der Waals surface area contributed by atoms with E-state index in [-0.39, 0.29) is 0 Å². The highest BCUT2D eigenvalue weighted by atomic mass is 15.2. The lowest BCUT2D eigenvalue weighted by molar-refractivity contribution is -0.00726. The molecule has 2 saturated heterocycles. The minimum atomic E-state index is 0.542. The van der Waals surface area contributed by atoms with Crippen LogP contribution < -0.4 is 0 Å². The summed E-state index contributed by atoms with van der Waals surface area (Å²) in [6, 6.07) is 0.941. The average molecular weight is 389 g/mol. The fourth-order valence-electron chi connectivity index (χ4n) is 6.93. The van der Waals surface area contributed by atoms with Crippen LogP contribution >= 0.6 is 0 Å². The van der Waals surface area contributed by atoms with Crippen LogP contribution in [-0.4, -0.2) is 48.6 Å². The van der Waals surface area contributed by atoms with Crippen LogP contribution in [0.15, 0.2) is 0 Å². The lowest BCUT2D eigenvalue weighted by Gasteiger charge is -2.50. The molecular weight excluding hydrogens is 340 g/mol. The molecule has 4 fully saturated rings. The van der Waals surface area contributed by atoms with Crippen LogP contribution in [0.1, 0.15) is 86.0 Å². The second-order valence-corrected chi connectivity index (χ2v) is 12.0. The summed E-state index contributed by atoms with van der Waals surface area (Å²) in [5.74, 6) is 5.54. The smallest absolute Gasteiger partial charge is 0.00966 e. The van der Waals surface area contributed by atoms with E-state index in [9.17, 15) is 0 Å². The van der Waals surface area contributed by atoms with E-state index >= 15 is 0 Å². The molecule has 4 rings (SSSR count). The van der Waals surface area contributed by atoms with Gasteiger partial charge >= 0.3 is 0 Å². The van der Waals surface area contributed by atoms with Gasteiger partial charge in [0.25, 0.3) is 0 Å². The van der Waals surface area contributed by atoms with E-state index in [4.69, 9.17) is 0 Å². The van der Waals surface area contributed by atoms with E-state index in [1.165, 1.54) is 84.1 Å². The first-order valence-corrected chi connectivity index (χ1v) is 12.9. The van der Waals surface area contributed by atoms with Gasteiger partial charge in [0.15, 0.2) is 0 Å². The number of rotatable bonds is 8. The first kappa shape index (κ1) is 21.2. The van der Waals surface area contributed by atoms with Gasteiger partial charge in [0.2, 0.25) is 0 Å². The van der Waals surface area contributed by atoms with Crippen LogP contribution in [0.4, 0.5) is 0 Å². The SMILES string of the molecule is CCC1C(CC(C)C2(C)CCCN(CC3CC3)C2)CN(C2CC2)CC1C(C)C. The quantitative estimate of drug-likeness (QED) is 0.509. The van der Waals surface area contributed by atoms with Crippen molar-refractivity contribution in [2.24, 2.45) is 40.9 Å². The Bertz CT molecular complexity index is 509. The van der Waals surface area contributed by atoms with Crippen LogP contribution in [0.3, 0.4) is 0 Å². The number of likely N-dealkylation sites (tertiary alicyclic amines) is 2. The van der Waals surface area contributed by atoms with Gasteiger partial charge in [0.05, 0.1) is 0 Å². The van der Waals surface area contributed by atoms with Crippen molar-refractivity contribution < 1.29 is 0 Å². The number of piperidine rings is 2. The van der Waals surface area contributed by atoms with Crippen LogP contribution in [0.5, 0.6) is 0 Å². The minimum Gasteiger partial charge on any atom is -0.303 e. The molecule has 5 unspecified atom stereocenters. The van der Waals surface area contributed by atoms with Crippen LogP contribution in [-0.2, 0) is 0 Å². The topological polar surface area (TPSA) is 6.48 Å². The molecule has 0 aromatic rings. The molecule has 0 N–H and O–H groups in total. The third-order valence-corrected chi connectivity index (χ3v) is 9.33. The molecule has 5 atom stereocenters. The van der Waals surface area contributed by atoms with E-state index in [1.54, 1.807) is 0 Å². The summed E-state index contributed by atoms with van der Waals surface area (Å²) in [5.41, 5.74) is 0.542. The third kappa shape index (κ3) is 4.80. The molecule has 0 aromatic carbocycles. The molecule has 0 radical (unpaired) electrons. The largest absolute Gasteiger partial charge is 0.303 e. The standard InChI is InChI=1S/C26H48N2/c1-6-24-22(16-28(23-10-11-23)17-25(24)19(2)3)14-20(4)26(5)12-7-13-27(18-26)15-21-8-9-21/h19-25H,6-18H2,1-5H3. The van der Waals surface area contributed by atoms with Crippen LogP contribution in [0.25, 0.3) is 0 Å². The fraction of sp³-hybridized carbons (Fsp3) is 1.00. The Morgan fingerprint density at radius 2 is 1.79 bits per heavy atom. The second-order valence-electron chi connectivity index (χ2n) is 12.0. The maximum atomic E-state index is 2.91. The van der Waals surface area contributed by atoms with E-state index in [1.807, 2.05) is 0 Å². The summed E-state index contributed by atoms with van der Waals surface area (Å²) in [4.78, 5) is 5.75. The zero-order valence-corrected chi connectivity index (χ0v) is 19.6. The first-order valence-electron chi connectivity index (χ1n) is 12.9. The second kappa shape index (κ2) is 8.58. The van der Waals surface area contributed by atoms with Gasteiger partial charge in [-0.25, -0.2) is 0 Å². The van der Waals surface area contributed by atoms with Crippen molar-refractivity contribution in [3.8, 4) is 0 Å². The minimum absolute atomic E-state index is 0.542. The van der Waals surface area contributed by atoms with Gasteiger partial charge in [0, 0.05) is 32.2 Å². The highest BCUT2D eigenvalue weighted by Crippen LogP contribution is 2.46. The van der Waals surface area contributed by atoms with Crippen molar-refractivity contribution in [1.82, 2.24) is 9.80 Å². The molecule has 2 aliphatic carbocycles. The number of hydrogen-bond donors (Lipinski definition) is 0. The zero-order chi connectivity index (χ0) is 19.9. The molecule has 2 heteroatoms. The maximum absolute atomic E-state index is 2.91. The highest BCUT2D eigenvalue weighted by molar-refractivity contribution is 4.97. The predicted molar refractivity (Wildman–Crippen MR) is 120 cm³/mol. The Morgan fingerprint density at radius 1 is 1.04 bits per heavy atom. The molecular formula is C26H48N2. The molecule has 2 nitrogen and oxygen atoms in total. The number of hydrogen-bond acceptors (Lipinski definition) is 2. The van der Waals surface area contributed by atoms with Crippen molar-refractivity contribution in [1.29, 1.82) is 0 Å². The van der Waals surface area contributed by atoms with Crippen molar-refractivity contribution in [2.75, 3.05) is 32.7 Å². The van der Waals surface area contributed by atoms with Crippen molar-refractivity contribution in [3.05, 3.63) is 0 Å². The van der Waals surface area contributed by atoms with Gasteiger partial charge in [-0.05, 0) is 92.4 Å². The summed E-state index contributed by atoms with van der Waals surface area (Å²) in [5, 5.41) is 0. The van der Waals surface area contributed by atoms with Crippen LogP contribution in [0.2, 0.25) is 0 Å². The molecule has 0 spiro atoms. The monoisotopic (exact) mass is 388 g/mol. The van der Waals surface area contributed by atoms with Gasteiger partial charge in [-0.2, -0.15) is 0 Å². The van der Waals surface area contributed by atoms with E-state index in [2.05, 4.69) is 44.4 Å². The van der Waals surface area contributed by atoms with Crippen LogP contribution in [0, 0.1) is 40.9 Å². The molecule has 2 heterocycles. The van der Waals surface area contributed by atoms with E-state index in [0.29, 0.717) is 5.41 Å². The summed E-state index contributed by atoms with van der Waals surface area (Å²) in [6.07, 6.45) is 11.7. The normalized spacial score (nSPS) is 39.4. The lowest BCUT2D eigenvalue weighted by Crippen LogP contribution is -2.51. The Balaban J connectivity index is 1.42. The Hall–Kier alpha value is -0.0800. The summed E-state index contributed by atoms with van der Waals surface area (Å²) < 4.78 is 0. The predicted octanol–water partition coefficient (Wildman–Crippen LogP) is 5.92. The van der Waals surface area contributed by atoms with Gasteiger partial charge in [0.1, 0.15) is 0 Å². The fourth-order valence-corrected chi connectivity index (χ4v) is 6.93. The Labute approximate surface area is 175 Å². The van der Waals surface area contributed by atoms with Crippen molar-refractivity contribution in [3.63, 3.8) is 0 Å². The van der Waals surface area contributed by atoms with Gasteiger partial charge < -0.3 is 4.90 Å². The highest BCUT2D eigenvalue weighted by Gasteiger charge is 2.44. The molecule has 0 bridgehead atoms. The molecule has 28 heavy (non-hydrogen) atoms. The van der Waals surface area contributed by atoms with Crippen molar-refractivity contribution >= 4 is 0 Å². The number of nitrogens with zero attached hydrogens (tertiary/aromatic N) is 2. The summed E-state index contributed by atoms with van der Waals surface area (Å²) >= 11 is 0. The third-order valence-electron chi connectivity index (χ3n) is 9.33. The zero-order valence-electron chi connectivity index (χ0n) is 19.6. The molecule has 0 aromatic heterocycles. The molecule has 4 aliphatic rings. The lowest BCUT2D eigenvalue weighted by atomic mass is 9.64. The molecule has 2 saturated carbocycles. The first-order chi connectivity index (χ1) is 13.4. The van der Waals surface area contributed by atoms with Crippen molar-refractivity contribution in [2.45, 2.75) is 92.0 Å². The van der Waals surface area contributed by atoms with Gasteiger partial charge in [-0.15, -0.1) is 0 Å². The van der Waals surface area contributed by atoms with E-state index in [0.717, 1.165) is 41.5 Å². The van der Waals surface area contributed by atoms with E-state index < -0.39 is 0 Å². The average Bonchev–Trinajstić information content (AvgIpc) is 3.55. The summed E-state index contributed by atoms with van der Waals surface area (Å²) in [7, 11) is 0. The van der Waals surface area contributed by atoms with Gasteiger partial charge in [-0.1, -0.05) is 41.0 Å². The molecule has 0 amide bonds. The Morgan fingerprint density at radius 3 is 2.39 bits per heavy atom. The Kier molecular flexibility index (Phi) is 6.48. The molecule has 162 valence electrons. The van der Waals surface area contributed by atoms with Gasteiger partial charge in [-0.3, -0.25) is 4.90 Å². The molecule has 2 aliphatic heterocycles.